The summed E-state index contributed by atoms with van der Waals surface area (Å²) in [6, 6.07) is 0.164. The monoisotopic (exact) mass is 211 g/mol. The number of ether oxygens (including phenoxy) is 1. The van der Waals surface area contributed by atoms with E-state index in [1.807, 2.05) is 0 Å². The Balaban J connectivity index is 2.20. The molecule has 0 atom stereocenters. The summed E-state index contributed by atoms with van der Waals surface area (Å²) < 4.78 is 4.59. The van der Waals surface area contributed by atoms with E-state index in [9.17, 15) is 9.59 Å². The van der Waals surface area contributed by atoms with Crippen LogP contribution in [0.5, 0.6) is 0 Å². The Morgan fingerprint density at radius 2 is 2.07 bits per heavy atom. The van der Waals surface area contributed by atoms with Crippen LogP contribution >= 0.6 is 0 Å². The molecule has 1 aliphatic rings. The zero-order valence-corrected chi connectivity index (χ0v) is 9.07. The Morgan fingerprint density at radius 1 is 1.40 bits per heavy atom. The first-order valence-electron chi connectivity index (χ1n) is 5.40. The summed E-state index contributed by atoms with van der Waals surface area (Å²) in [6.45, 7) is 0. The van der Waals surface area contributed by atoms with Gasteiger partial charge in [-0.05, 0) is 38.0 Å². The van der Waals surface area contributed by atoms with Crippen molar-refractivity contribution < 1.29 is 14.3 Å². The molecule has 0 aromatic carbocycles. The van der Waals surface area contributed by atoms with Crippen LogP contribution in [0.25, 0.3) is 0 Å². The van der Waals surface area contributed by atoms with Gasteiger partial charge in [-0.25, -0.2) is 9.79 Å². The predicted octanol–water partition coefficient (Wildman–Crippen LogP) is 1.83. The van der Waals surface area contributed by atoms with Crippen LogP contribution in [0.3, 0.4) is 0 Å². The Bertz CT molecular complexity index is 251. The van der Waals surface area contributed by atoms with E-state index in [1.165, 1.54) is 7.11 Å². The molecule has 1 rings (SSSR count). The Morgan fingerprint density at radius 3 is 2.60 bits per heavy atom. The number of hydrogen-bond donors (Lipinski definition) is 0. The maximum atomic E-state index is 10.9. The number of hydrogen-bond acceptors (Lipinski definition) is 4. The van der Waals surface area contributed by atoms with Crippen molar-refractivity contribution in [1.82, 2.24) is 0 Å². The maximum absolute atomic E-state index is 10.9. The lowest BCUT2D eigenvalue weighted by Crippen LogP contribution is -2.18. The average Bonchev–Trinajstić information content (AvgIpc) is 2.28. The molecular weight excluding hydrogens is 194 g/mol. The van der Waals surface area contributed by atoms with Crippen LogP contribution in [0.2, 0.25) is 0 Å². The number of rotatable bonds is 4. The van der Waals surface area contributed by atoms with E-state index >= 15 is 0 Å². The van der Waals surface area contributed by atoms with Crippen molar-refractivity contribution in [2.45, 2.75) is 44.6 Å². The third-order valence-corrected chi connectivity index (χ3v) is 3.04. The second-order valence-electron chi connectivity index (χ2n) is 4.01. The Labute approximate surface area is 89.7 Å². The fourth-order valence-electron chi connectivity index (χ4n) is 2.06. The summed E-state index contributed by atoms with van der Waals surface area (Å²) in [6.07, 6.45) is 7.00. The molecule has 0 amide bonds. The highest BCUT2D eigenvalue weighted by Crippen LogP contribution is 2.29. The van der Waals surface area contributed by atoms with Crippen molar-refractivity contribution in [2.24, 2.45) is 10.9 Å². The zero-order chi connectivity index (χ0) is 11.1. The highest BCUT2D eigenvalue weighted by molar-refractivity contribution is 5.69. The van der Waals surface area contributed by atoms with Crippen molar-refractivity contribution in [2.75, 3.05) is 7.11 Å². The molecule has 4 nitrogen and oxygen atoms in total. The van der Waals surface area contributed by atoms with Crippen LogP contribution in [0.4, 0.5) is 0 Å². The summed E-state index contributed by atoms with van der Waals surface area (Å²) in [4.78, 5) is 24.7. The maximum Gasteiger partial charge on any atom is 0.305 e. The minimum atomic E-state index is -0.136. The van der Waals surface area contributed by atoms with Crippen molar-refractivity contribution in [3.63, 3.8) is 0 Å². The SMILES string of the molecule is COC(=O)CCC1CCC(N=C=O)CC1. The highest BCUT2D eigenvalue weighted by atomic mass is 16.5. The van der Waals surface area contributed by atoms with Gasteiger partial charge in [0.15, 0.2) is 0 Å². The van der Waals surface area contributed by atoms with Gasteiger partial charge >= 0.3 is 5.97 Å². The van der Waals surface area contributed by atoms with Gasteiger partial charge in [0.2, 0.25) is 6.08 Å². The highest BCUT2D eigenvalue weighted by Gasteiger charge is 2.21. The first kappa shape index (κ1) is 11.9. The number of methoxy groups -OCH3 is 1. The van der Waals surface area contributed by atoms with Crippen LogP contribution in [0.15, 0.2) is 4.99 Å². The van der Waals surface area contributed by atoms with E-state index in [-0.39, 0.29) is 12.0 Å². The number of isocyanates is 1. The van der Waals surface area contributed by atoms with Gasteiger partial charge in [0.1, 0.15) is 0 Å². The molecule has 0 aromatic rings. The largest absolute Gasteiger partial charge is 0.469 e. The molecule has 0 unspecified atom stereocenters. The van der Waals surface area contributed by atoms with E-state index in [0.717, 1.165) is 32.1 Å². The molecule has 0 radical (unpaired) electrons. The van der Waals surface area contributed by atoms with Crippen molar-refractivity contribution >= 4 is 12.0 Å². The molecule has 4 heteroatoms. The van der Waals surface area contributed by atoms with E-state index in [4.69, 9.17) is 0 Å². The molecule has 15 heavy (non-hydrogen) atoms. The fourth-order valence-corrected chi connectivity index (χ4v) is 2.06. The molecule has 0 aliphatic heterocycles. The smallest absolute Gasteiger partial charge is 0.305 e. The fraction of sp³-hybridized carbons (Fsp3) is 0.818. The zero-order valence-electron chi connectivity index (χ0n) is 9.07. The van der Waals surface area contributed by atoms with Crippen LogP contribution < -0.4 is 0 Å². The first-order valence-corrected chi connectivity index (χ1v) is 5.40. The molecule has 0 heterocycles. The van der Waals surface area contributed by atoms with Crippen molar-refractivity contribution in [1.29, 1.82) is 0 Å². The number of nitrogens with zero attached hydrogens (tertiary/aromatic N) is 1. The summed E-state index contributed by atoms with van der Waals surface area (Å²) in [5.74, 6) is 0.449. The number of carbonyl (C=O) groups excluding carboxylic acids is 2. The van der Waals surface area contributed by atoms with E-state index in [2.05, 4.69) is 9.73 Å². The van der Waals surface area contributed by atoms with Crippen LogP contribution in [0, 0.1) is 5.92 Å². The molecule has 84 valence electrons. The molecule has 1 aliphatic carbocycles. The molecule has 0 N–H and O–H groups in total. The molecular formula is C11H17NO3. The first-order chi connectivity index (χ1) is 7.26. The van der Waals surface area contributed by atoms with Gasteiger partial charge in [-0.15, -0.1) is 0 Å². The van der Waals surface area contributed by atoms with Crippen LogP contribution in [0.1, 0.15) is 38.5 Å². The lowest BCUT2D eigenvalue weighted by molar-refractivity contribution is -0.141. The predicted molar refractivity (Wildman–Crippen MR) is 55.1 cm³/mol. The molecule has 1 saturated carbocycles. The lowest BCUT2D eigenvalue weighted by Gasteiger charge is -2.24. The van der Waals surface area contributed by atoms with Gasteiger partial charge in [-0.2, -0.15) is 0 Å². The summed E-state index contributed by atoms with van der Waals surface area (Å²) in [5.41, 5.74) is 0. The van der Waals surface area contributed by atoms with E-state index < -0.39 is 0 Å². The second kappa shape index (κ2) is 6.36. The molecule has 0 bridgehead atoms. The standard InChI is InChI=1S/C11H17NO3/c1-15-11(14)7-4-9-2-5-10(6-3-9)12-8-13/h9-10H,2-7H2,1H3. The van der Waals surface area contributed by atoms with Crippen LogP contribution in [-0.4, -0.2) is 25.2 Å². The Hall–Kier alpha value is -1.15. The average molecular weight is 211 g/mol. The van der Waals surface area contributed by atoms with Gasteiger partial charge in [-0.3, -0.25) is 4.79 Å². The summed E-state index contributed by atoms with van der Waals surface area (Å²) in [7, 11) is 1.41. The van der Waals surface area contributed by atoms with Gasteiger partial charge in [0.25, 0.3) is 0 Å². The van der Waals surface area contributed by atoms with E-state index in [1.54, 1.807) is 6.08 Å². The number of aliphatic imine (C=N–C) groups is 1. The quantitative estimate of drug-likeness (QED) is 0.405. The molecule has 0 spiro atoms. The minimum Gasteiger partial charge on any atom is -0.469 e. The van der Waals surface area contributed by atoms with Gasteiger partial charge in [0, 0.05) is 6.42 Å². The minimum absolute atomic E-state index is 0.136. The van der Waals surface area contributed by atoms with Crippen LogP contribution in [-0.2, 0) is 14.3 Å². The van der Waals surface area contributed by atoms with Crippen molar-refractivity contribution in [3.8, 4) is 0 Å². The third-order valence-electron chi connectivity index (χ3n) is 3.04. The lowest BCUT2D eigenvalue weighted by atomic mass is 9.84. The van der Waals surface area contributed by atoms with Gasteiger partial charge < -0.3 is 4.74 Å². The van der Waals surface area contributed by atoms with Crippen molar-refractivity contribution in [3.05, 3.63) is 0 Å². The normalized spacial score (nSPS) is 25.4. The topological polar surface area (TPSA) is 55.7 Å². The molecule has 0 aromatic heterocycles. The summed E-state index contributed by atoms with van der Waals surface area (Å²) in [5, 5.41) is 0. The second-order valence-corrected chi connectivity index (χ2v) is 4.01. The van der Waals surface area contributed by atoms with Gasteiger partial charge in [0.05, 0.1) is 13.2 Å². The summed E-state index contributed by atoms with van der Waals surface area (Å²) >= 11 is 0. The number of esters is 1. The Kier molecular flexibility index (Phi) is 5.05. The van der Waals surface area contributed by atoms with E-state index in [0.29, 0.717) is 12.3 Å². The molecule has 1 fully saturated rings. The number of carbonyl (C=O) groups is 1. The third kappa shape index (κ3) is 4.26. The molecule has 0 saturated heterocycles. The van der Waals surface area contributed by atoms with Gasteiger partial charge in [-0.1, -0.05) is 0 Å².